The van der Waals surface area contributed by atoms with Gasteiger partial charge in [-0.2, -0.15) is 26.3 Å². The van der Waals surface area contributed by atoms with Crippen LogP contribution in [-0.4, -0.2) is 36.6 Å². The molecule has 0 aliphatic carbocycles. The van der Waals surface area contributed by atoms with E-state index in [0.717, 1.165) is 59.7 Å². The van der Waals surface area contributed by atoms with Gasteiger partial charge in [-0.25, -0.2) is 9.59 Å². The summed E-state index contributed by atoms with van der Waals surface area (Å²) in [5.41, 5.74) is 12.4. The van der Waals surface area contributed by atoms with Gasteiger partial charge in [0.1, 0.15) is 23.7 Å². The zero-order valence-corrected chi connectivity index (χ0v) is 28.1. The van der Waals surface area contributed by atoms with E-state index in [-0.39, 0.29) is 24.3 Å². The van der Waals surface area contributed by atoms with E-state index in [1.807, 2.05) is 0 Å². The molecule has 0 fully saturated rings. The molecule has 0 heterocycles. The van der Waals surface area contributed by atoms with E-state index in [0.29, 0.717) is 0 Å². The number of ether oxygens (including phenoxy) is 4. The highest BCUT2D eigenvalue weighted by Crippen LogP contribution is 2.32. The molecular formula is C38H38F6N2O6. The summed E-state index contributed by atoms with van der Waals surface area (Å²) < 4.78 is 101. The third-order valence-corrected chi connectivity index (χ3v) is 8.34. The van der Waals surface area contributed by atoms with Crippen molar-refractivity contribution in [2.45, 2.75) is 63.7 Å². The number of hydrogen-bond donors (Lipinski definition) is 2. The minimum atomic E-state index is -4.54. The number of carbonyl (C=O) groups excluding carboxylic acids is 2. The smallest absolute Gasteiger partial charge is 0.419 e. The fraction of sp³-hybridized carbons (Fsp3) is 0.316. The molecule has 0 aliphatic heterocycles. The Balaban J connectivity index is 1.46. The van der Waals surface area contributed by atoms with Gasteiger partial charge in [0.05, 0.1) is 23.0 Å². The summed E-state index contributed by atoms with van der Waals surface area (Å²) in [6, 6.07) is 26.0. The maximum absolute atomic E-state index is 13.1. The normalized spacial score (nSPS) is 15.3. The summed E-state index contributed by atoms with van der Waals surface area (Å²) >= 11 is 0. The predicted molar refractivity (Wildman–Crippen MR) is 178 cm³/mol. The average Bonchev–Trinajstić information content (AvgIpc) is 3.09. The Hall–Kier alpha value is -5.08. The van der Waals surface area contributed by atoms with Crippen LogP contribution in [0.4, 0.5) is 26.3 Å². The molecular weight excluding hydrogens is 694 g/mol. The second-order valence-electron chi connectivity index (χ2n) is 12.1. The summed E-state index contributed by atoms with van der Waals surface area (Å²) in [5.74, 6) is -4.29. The lowest BCUT2D eigenvalue weighted by atomic mass is 9.93. The number of hydrogen-bond acceptors (Lipinski definition) is 8. The Morgan fingerprint density at radius 1 is 0.538 bits per heavy atom. The van der Waals surface area contributed by atoms with Crippen LogP contribution in [0.3, 0.4) is 0 Å². The first kappa shape index (κ1) is 39.7. The van der Waals surface area contributed by atoms with E-state index in [1.165, 1.54) is 0 Å². The molecule has 6 atom stereocenters. The number of benzene rings is 4. The molecule has 0 spiro atoms. The topological polar surface area (TPSA) is 123 Å². The van der Waals surface area contributed by atoms with Gasteiger partial charge < -0.3 is 18.9 Å². The predicted octanol–water partition coefficient (Wildman–Crippen LogP) is 7.33. The third-order valence-electron chi connectivity index (χ3n) is 8.34. The van der Waals surface area contributed by atoms with Crippen LogP contribution < -0.4 is 20.9 Å². The Labute approximate surface area is 296 Å². The summed E-state index contributed by atoms with van der Waals surface area (Å²) in [4.78, 5) is 26.0. The summed E-state index contributed by atoms with van der Waals surface area (Å²) in [5, 5.41) is 0. The Morgan fingerprint density at radius 2 is 0.846 bits per heavy atom. The minimum absolute atomic E-state index is 0.111. The summed E-state index contributed by atoms with van der Waals surface area (Å²) in [6.07, 6.45) is -13.2. The number of esters is 2. The monoisotopic (exact) mass is 732 g/mol. The molecule has 0 aliphatic rings. The van der Waals surface area contributed by atoms with Gasteiger partial charge in [0.2, 0.25) is 0 Å². The standard InChI is InChI=1S/C38H38F6N2O6/c1-23(49-29-17-13-27(14-18-29)37(39,40)41)31(21-25-9-5-3-6-10-25)33(45)51-35(47)36(48)52-34(46)32(22-26-11-7-4-8-12-26)24(2)50-30-19-15-28(16-20-30)38(42,43)44/h3-20,23-24,31-34H,21-22,45-46H2,1-2H3. The van der Waals surface area contributed by atoms with Gasteiger partial charge in [0.15, 0.2) is 12.5 Å². The molecule has 4 N–H and O–H groups in total. The molecule has 0 aromatic heterocycles. The van der Waals surface area contributed by atoms with Gasteiger partial charge in [-0.1, -0.05) is 60.7 Å². The van der Waals surface area contributed by atoms with Crippen molar-refractivity contribution in [2.24, 2.45) is 23.3 Å². The van der Waals surface area contributed by atoms with Crippen LogP contribution in [0, 0.1) is 11.8 Å². The average molecular weight is 733 g/mol. The number of halogens is 6. The second kappa shape index (κ2) is 17.4. The van der Waals surface area contributed by atoms with Crippen molar-refractivity contribution in [2.75, 3.05) is 0 Å². The Morgan fingerprint density at radius 3 is 1.13 bits per heavy atom. The van der Waals surface area contributed by atoms with Crippen molar-refractivity contribution >= 4 is 11.9 Å². The summed E-state index contributed by atoms with van der Waals surface area (Å²) in [6.45, 7) is 3.19. The molecule has 8 nitrogen and oxygen atoms in total. The van der Waals surface area contributed by atoms with Crippen molar-refractivity contribution in [1.82, 2.24) is 0 Å². The fourth-order valence-corrected chi connectivity index (χ4v) is 5.44. The summed E-state index contributed by atoms with van der Waals surface area (Å²) in [7, 11) is 0. The van der Waals surface area contributed by atoms with Gasteiger partial charge in [0.25, 0.3) is 0 Å². The van der Waals surface area contributed by atoms with Gasteiger partial charge >= 0.3 is 24.3 Å². The van der Waals surface area contributed by atoms with Crippen molar-refractivity contribution in [3.05, 3.63) is 131 Å². The van der Waals surface area contributed by atoms with Crippen LogP contribution in [0.15, 0.2) is 109 Å². The van der Waals surface area contributed by atoms with E-state index in [4.69, 9.17) is 30.4 Å². The molecule has 4 aromatic carbocycles. The maximum atomic E-state index is 13.1. The van der Waals surface area contributed by atoms with Gasteiger partial charge in [0, 0.05) is 0 Å². The molecule has 4 aromatic rings. The highest BCUT2D eigenvalue weighted by molar-refractivity contribution is 6.29. The fourth-order valence-electron chi connectivity index (χ4n) is 5.44. The molecule has 0 saturated carbocycles. The van der Waals surface area contributed by atoms with E-state index in [2.05, 4.69) is 0 Å². The minimum Gasteiger partial charge on any atom is -0.490 e. The second-order valence-corrected chi connectivity index (χ2v) is 12.1. The first-order chi connectivity index (χ1) is 24.5. The lowest BCUT2D eigenvalue weighted by Gasteiger charge is -2.31. The zero-order chi connectivity index (χ0) is 38.1. The Bertz CT molecular complexity index is 1590. The molecule has 6 unspecified atom stereocenters. The molecule has 0 radical (unpaired) electrons. The van der Waals surface area contributed by atoms with Gasteiger partial charge in [-0.15, -0.1) is 0 Å². The van der Waals surface area contributed by atoms with Crippen LogP contribution in [0.2, 0.25) is 0 Å². The SMILES string of the molecule is CC(Oc1ccc(C(F)(F)F)cc1)C(Cc1ccccc1)C(N)OC(=O)C(=O)OC(N)C(Cc1ccccc1)C(C)Oc1ccc(C(F)(F)F)cc1. The van der Waals surface area contributed by atoms with Gasteiger partial charge in [-0.3, -0.25) is 11.5 Å². The largest absolute Gasteiger partial charge is 0.490 e. The third kappa shape index (κ3) is 11.5. The molecule has 0 saturated heterocycles. The van der Waals surface area contributed by atoms with Crippen LogP contribution in [0.1, 0.15) is 36.1 Å². The first-order valence-electron chi connectivity index (χ1n) is 16.2. The van der Waals surface area contributed by atoms with E-state index in [9.17, 15) is 35.9 Å². The molecule has 0 bridgehead atoms. The van der Waals surface area contributed by atoms with Crippen LogP contribution in [0.25, 0.3) is 0 Å². The van der Waals surface area contributed by atoms with E-state index < -0.39 is 71.9 Å². The number of alkyl halides is 6. The quantitative estimate of drug-likeness (QED) is 0.0598. The van der Waals surface area contributed by atoms with E-state index >= 15 is 0 Å². The van der Waals surface area contributed by atoms with Crippen LogP contribution in [-0.2, 0) is 44.3 Å². The first-order valence-corrected chi connectivity index (χ1v) is 16.2. The lowest BCUT2D eigenvalue weighted by Crippen LogP contribution is -2.47. The van der Waals surface area contributed by atoms with Crippen molar-refractivity contribution in [3.8, 4) is 11.5 Å². The molecule has 0 amide bonds. The van der Waals surface area contributed by atoms with Crippen molar-refractivity contribution < 1.29 is 54.9 Å². The van der Waals surface area contributed by atoms with E-state index in [1.54, 1.807) is 74.5 Å². The number of rotatable bonds is 14. The van der Waals surface area contributed by atoms with Crippen LogP contribution >= 0.6 is 0 Å². The Kier molecular flexibility index (Phi) is 13.3. The highest BCUT2D eigenvalue weighted by atomic mass is 19.4. The molecule has 52 heavy (non-hydrogen) atoms. The number of nitrogens with two attached hydrogens (primary N) is 2. The van der Waals surface area contributed by atoms with Crippen LogP contribution in [0.5, 0.6) is 11.5 Å². The number of carbonyl (C=O) groups is 2. The highest BCUT2D eigenvalue weighted by Gasteiger charge is 2.36. The molecule has 4 rings (SSSR count). The van der Waals surface area contributed by atoms with Crippen molar-refractivity contribution in [1.29, 1.82) is 0 Å². The molecule has 14 heteroatoms. The molecule has 278 valence electrons. The maximum Gasteiger partial charge on any atom is 0.419 e. The lowest BCUT2D eigenvalue weighted by molar-refractivity contribution is -0.178. The van der Waals surface area contributed by atoms with Crippen molar-refractivity contribution in [3.63, 3.8) is 0 Å². The zero-order valence-electron chi connectivity index (χ0n) is 28.1. The van der Waals surface area contributed by atoms with Gasteiger partial charge in [-0.05, 0) is 86.3 Å².